The number of nitrogens with one attached hydrogen (secondary N) is 1. The van der Waals surface area contributed by atoms with Crippen molar-refractivity contribution in [3.05, 3.63) is 38.4 Å². The largest absolute Gasteiger partial charge is 0.301 e. The van der Waals surface area contributed by atoms with E-state index in [0.29, 0.717) is 22.6 Å². The summed E-state index contributed by atoms with van der Waals surface area (Å²) in [6, 6.07) is 3.63. The van der Waals surface area contributed by atoms with Crippen molar-refractivity contribution in [3.8, 4) is 0 Å². The van der Waals surface area contributed by atoms with Crippen molar-refractivity contribution in [2.24, 2.45) is 52.4 Å². The molecular formula is C17H15BrN4O4. The van der Waals surface area contributed by atoms with Gasteiger partial charge in [0.1, 0.15) is 5.69 Å². The second kappa shape index (κ2) is 4.62. The maximum absolute atomic E-state index is 11.3. The number of hydrazone groups is 1. The quantitative estimate of drug-likeness (QED) is 0.457. The zero-order valence-corrected chi connectivity index (χ0v) is 15.1. The molecule has 1 N–H and O–H groups in total. The number of anilines is 1. The molecule has 0 saturated heterocycles. The molecule has 9 atom stereocenters. The van der Waals surface area contributed by atoms with Gasteiger partial charge >= 0.3 is 5.69 Å². The molecule has 134 valence electrons. The Hall–Kier alpha value is -2.03. The summed E-state index contributed by atoms with van der Waals surface area (Å²) >= 11 is 3.93. The van der Waals surface area contributed by atoms with Crippen LogP contribution in [0, 0.1) is 67.6 Å². The maximum atomic E-state index is 11.3. The summed E-state index contributed by atoms with van der Waals surface area (Å²) in [4.78, 5) is 21.5. The van der Waals surface area contributed by atoms with Crippen molar-refractivity contribution in [2.45, 2.75) is 11.2 Å². The van der Waals surface area contributed by atoms with E-state index in [1.165, 1.54) is 24.3 Å². The number of nitrogens with zero attached hydrogens (tertiary/aromatic N) is 3. The van der Waals surface area contributed by atoms with E-state index in [-0.39, 0.29) is 17.1 Å². The fourth-order valence-corrected chi connectivity index (χ4v) is 8.80. The summed E-state index contributed by atoms with van der Waals surface area (Å²) in [6.07, 6.45) is 1.32. The molecule has 0 aromatic heterocycles. The molecule has 7 rings (SSSR count). The van der Waals surface area contributed by atoms with Crippen LogP contribution in [0.2, 0.25) is 0 Å². The van der Waals surface area contributed by atoms with Crippen molar-refractivity contribution < 1.29 is 9.85 Å². The monoisotopic (exact) mass is 418 g/mol. The molecule has 1 aromatic carbocycles. The normalized spacial score (nSPS) is 46.8. The van der Waals surface area contributed by atoms with Gasteiger partial charge in [0.25, 0.3) is 5.69 Å². The van der Waals surface area contributed by atoms with Crippen LogP contribution in [0.4, 0.5) is 17.1 Å². The molecule has 0 amide bonds. The van der Waals surface area contributed by atoms with Crippen LogP contribution in [-0.4, -0.2) is 20.4 Å². The minimum absolute atomic E-state index is 0.210. The predicted molar refractivity (Wildman–Crippen MR) is 96.1 cm³/mol. The fraction of sp³-hybridized carbons (Fsp3) is 0.588. The van der Waals surface area contributed by atoms with E-state index in [1.54, 1.807) is 0 Å². The molecule has 0 heterocycles. The summed E-state index contributed by atoms with van der Waals surface area (Å²) in [7, 11) is 0. The number of alkyl halides is 1. The number of halogens is 1. The van der Waals surface area contributed by atoms with Gasteiger partial charge < -0.3 is 0 Å². The highest BCUT2D eigenvalue weighted by Crippen LogP contribution is 2.82. The van der Waals surface area contributed by atoms with Crippen LogP contribution in [0.15, 0.2) is 23.3 Å². The van der Waals surface area contributed by atoms with Crippen molar-refractivity contribution in [1.29, 1.82) is 0 Å². The second-order valence-electron chi connectivity index (χ2n) is 8.23. The molecule has 6 aliphatic carbocycles. The van der Waals surface area contributed by atoms with Crippen molar-refractivity contribution in [1.82, 2.24) is 0 Å². The van der Waals surface area contributed by atoms with Gasteiger partial charge in [-0.3, -0.25) is 25.7 Å². The van der Waals surface area contributed by atoms with Crippen LogP contribution in [0.1, 0.15) is 6.42 Å². The van der Waals surface area contributed by atoms with Crippen LogP contribution in [0.5, 0.6) is 0 Å². The topological polar surface area (TPSA) is 111 Å². The predicted octanol–water partition coefficient (Wildman–Crippen LogP) is 3.42. The average molecular weight is 419 g/mol. The Kier molecular flexibility index (Phi) is 2.68. The first-order valence-corrected chi connectivity index (χ1v) is 9.81. The van der Waals surface area contributed by atoms with Gasteiger partial charge in [0.2, 0.25) is 0 Å². The number of non-ortho nitro benzene ring substituents is 1. The first kappa shape index (κ1) is 15.1. The smallest absolute Gasteiger partial charge is 0.272 e. The fourth-order valence-electron chi connectivity index (χ4n) is 7.38. The van der Waals surface area contributed by atoms with Gasteiger partial charge in [-0.25, -0.2) is 0 Å². The third-order valence-corrected chi connectivity index (χ3v) is 8.96. The number of benzene rings is 1. The molecule has 6 saturated carbocycles. The lowest BCUT2D eigenvalue weighted by molar-refractivity contribution is -0.393. The highest BCUT2D eigenvalue weighted by molar-refractivity contribution is 9.09. The first-order chi connectivity index (χ1) is 12.5. The van der Waals surface area contributed by atoms with Gasteiger partial charge in [0.05, 0.1) is 15.9 Å². The van der Waals surface area contributed by atoms with Crippen molar-refractivity contribution >= 4 is 38.7 Å². The summed E-state index contributed by atoms with van der Waals surface area (Å²) in [6.45, 7) is 0. The van der Waals surface area contributed by atoms with Crippen LogP contribution < -0.4 is 5.43 Å². The Labute approximate surface area is 156 Å². The Morgan fingerprint density at radius 3 is 2.50 bits per heavy atom. The van der Waals surface area contributed by atoms with E-state index in [1.807, 2.05) is 0 Å². The maximum Gasteiger partial charge on any atom is 0.301 e. The summed E-state index contributed by atoms with van der Waals surface area (Å²) in [5.74, 6) is 5.54. The molecule has 6 bridgehead atoms. The molecule has 6 fully saturated rings. The molecular weight excluding hydrogens is 404 g/mol. The SMILES string of the molecule is O=[N+]([O-])c1ccc(N/N=C2\[C@H]3[C@H]4[C@H]5C[C@H]6[C@H]4[C@H](Br)[C@@H]3[C@@H]6[C@@H]25)c([N+](=O)[O-])c1. The number of nitro benzene ring substituents is 2. The number of nitro groups is 2. The van der Waals surface area contributed by atoms with Crippen LogP contribution in [0.25, 0.3) is 0 Å². The molecule has 8 nitrogen and oxygen atoms in total. The van der Waals surface area contributed by atoms with Crippen LogP contribution in [-0.2, 0) is 0 Å². The number of rotatable bonds is 4. The van der Waals surface area contributed by atoms with E-state index in [2.05, 4.69) is 26.5 Å². The zero-order valence-electron chi connectivity index (χ0n) is 13.5. The Balaban J connectivity index is 1.35. The van der Waals surface area contributed by atoms with Gasteiger partial charge in [-0.1, -0.05) is 15.9 Å². The van der Waals surface area contributed by atoms with Gasteiger partial charge in [-0.2, -0.15) is 5.10 Å². The Morgan fingerprint density at radius 1 is 1.04 bits per heavy atom. The molecule has 9 heteroatoms. The van der Waals surface area contributed by atoms with E-state index in [9.17, 15) is 20.2 Å². The molecule has 26 heavy (non-hydrogen) atoms. The standard InChI is InChI=1S/C17H15BrN4O4/c18-16-12-6-4-7-10(12)15-14(16)11(6)13(7)17(15)20-19-8-2-1-5(21(23)24)3-9(8)22(25)26/h1-3,6-7,10-16,19H,4H2/b20-17-/t6-,7-,10+,11+,12-,13+,14-,15+,16+/m1/s1. The lowest BCUT2D eigenvalue weighted by atomic mass is 9.71. The highest BCUT2D eigenvalue weighted by Gasteiger charge is 2.82. The summed E-state index contributed by atoms with van der Waals surface area (Å²) < 4.78 is 0. The zero-order chi connectivity index (χ0) is 17.9. The van der Waals surface area contributed by atoms with Gasteiger partial charge in [-0.05, 0) is 48.0 Å². The van der Waals surface area contributed by atoms with Crippen molar-refractivity contribution in [2.75, 3.05) is 5.43 Å². The van der Waals surface area contributed by atoms with E-state index < -0.39 is 9.85 Å². The first-order valence-electron chi connectivity index (χ1n) is 8.89. The number of hydrogen-bond donors (Lipinski definition) is 1. The van der Waals surface area contributed by atoms with E-state index in [4.69, 9.17) is 0 Å². The highest BCUT2D eigenvalue weighted by atomic mass is 79.9. The van der Waals surface area contributed by atoms with Crippen molar-refractivity contribution in [3.63, 3.8) is 0 Å². The Morgan fingerprint density at radius 2 is 1.81 bits per heavy atom. The van der Waals surface area contributed by atoms with Crippen LogP contribution in [0.3, 0.4) is 0 Å². The molecule has 0 spiro atoms. The molecule has 1 aromatic rings. The molecule has 0 unspecified atom stereocenters. The molecule has 6 aliphatic rings. The van der Waals surface area contributed by atoms with Crippen LogP contribution >= 0.6 is 15.9 Å². The van der Waals surface area contributed by atoms with Gasteiger partial charge in [-0.15, -0.1) is 0 Å². The lowest BCUT2D eigenvalue weighted by Crippen LogP contribution is -2.30. The summed E-state index contributed by atoms with van der Waals surface area (Å²) in [5.41, 5.74) is 3.66. The number of hydrogen-bond acceptors (Lipinski definition) is 6. The van der Waals surface area contributed by atoms with Gasteiger partial charge in [0, 0.05) is 28.4 Å². The van der Waals surface area contributed by atoms with Gasteiger partial charge in [0.15, 0.2) is 0 Å². The third kappa shape index (κ3) is 1.51. The lowest BCUT2D eigenvalue weighted by Gasteiger charge is -2.32. The third-order valence-electron chi connectivity index (χ3n) is 7.73. The molecule has 0 aliphatic heterocycles. The van der Waals surface area contributed by atoms with E-state index >= 15 is 0 Å². The average Bonchev–Trinajstić information content (AvgIpc) is 3.35. The summed E-state index contributed by atoms with van der Waals surface area (Å²) in [5, 5.41) is 26.8. The van der Waals surface area contributed by atoms with E-state index in [0.717, 1.165) is 35.7 Å². The Bertz CT molecular complexity index is 918. The minimum Gasteiger partial charge on any atom is -0.272 e. The second-order valence-corrected chi connectivity index (χ2v) is 9.29. The minimum atomic E-state index is -0.631. The molecule has 0 radical (unpaired) electrons.